The van der Waals surface area contributed by atoms with Gasteiger partial charge in [0.15, 0.2) is 0 Å². The summed E-state index contributed by atoms with van der Waals surface area (Å²) in [5.41, 5.74) is 1.86. The third-order valence-electron chi connectivity index (χ3n) is 6.52. The molecule has 0 aliphatic carbocycles. The van der Waals surface area contributed by atoms with Gasteiger partial charge in [0.25, 0.3) is 0 Å². The minimum absolute atomic E-state index is 0.0485. The number of rotatable bonds is 4. The van der Waals surface area contributed by atoms with Gasteiger partial charge in [-0.15, -0.1) is 0 Å². The van der Waals surface area contributed by atoms with Gasteiger partial charge in [-0.1, -0.05) is 42.5 Å². The van der Waals surface area contributed by atoms with Gasteiger partial charge < -0.3 is 4.90 Å². The topological polar surface area (TPSA) is 58.3 Å². The lowest BCUT2D eigenvalue weighted by Gasteiger charge is -2.33. The Bertz CT molecular complexity index is 1710. The van der Waals surface area contributed by atoms with E-state index in [9.17, 15) is 14.4 Å². The number of nitrogens with zero attached hydrogens (tertiary/aromatic N) is 2. The van der Waals surface area contributed by atoms with Crippen LogP contribution in [0, 0.1) is 0 Å². The molecular formula is C29H25N2O3+. The lowest BCUT2D eigenvalue weighted by molar-refractivity contribution is -0.669. The fourth-order valence-electron chi connectivity index (χ4n) is 4.84. The molecule has 168 valence electrons. The van der Waals surface area contributed by atoms with Gasteiger partial charge in [0.2, 0.25) is 27.5 Å². The number of aryl methyl sites for hydroxylation is 1. The van der Waals surface area contributed by atoms with E-state index >= 15 is 0 Å². The average molecular weight is 450 g/mol. The van der Waals surface area contributed by atoms with E-state index in [4.69, 9.17) is 0 Å². The van der Waals surface area contributed by atoms with Crippen molar-refractivity contribution >= 4 is 34.8 Å². The van der Waals surface area contributed by atoms with Crippen LogP contribution in [-0.2, 0) is 6.54 Å². The van der Waals surface area contributed by atoms with E-state index in [0.717, 1.165) is 22.2 Å². The SMILES string of the molecule is CCN1c2ccccc2C=CC1C=c1c(=O)c(=O)c(=Cc2ccc3ccccc3[n+]2CC)c1=O. The predicted molar refractivity (Wildman–Crippen MR) is 137 cm³/mol. The molecule has 0 saturated heterocycles. The normalized spacial score (nSPS) is 16.4. The van der Waals surface area contributed by atoms with Gasteiger partial charge in [0, 0.05) is 35.8 Å². The predicted octanol–water partition coefficient (Wildman–Crippen LogP) is 1.63. The van der Waals surface area contributed by atoms with Gasteiger partial charge in [-0.2, -0.15) is 4.57 Å². The Balaban J connectivity index is 1.68. The number of benzene rings is 2. The molecule has 0 amide bonds. The van der Waals surface area contributed by atoms with E-state index in [0.29, 0.717) is 18.8 Å². The molecule has 0 N–H and O–H groups in total. The number of likely N-dealkylation sites (N-methyl/N-ethyl adjacent to an activating group) is 1. The first-order valence-electron chi connectivity index (χ1n) is 11.6. The number of hydrogen-bond donors (Lipinski definition) is 0. The lowest BCUT2D eigenvalue weighted by atomic mass is 10.0. The van der Waals surface area contributed by atoms with Gasteiger partial charge in [-0.3, -0.25) is 14.4 Å². The van der Waals surface area contributed by atoms with Crippen molar-refractivity contribution in [3.8, 4) is 0 Å². The van der Waals surface area contributed by atoms with Crippen molar-refractivity contribution in [1.29, 1.82) is 0 Å². The molecule has 1 atom stereocenters. The highest BCUT2D eigenvalue weighted by molar-refractivity contribution is 5.76. The summed E-state index contributed by atoms with van der Waals surface area (Å²) < 4.78 is 2.04. The molecular weight excluding hydrogens is 424 g/mol. The standard InChI is InChI=1S/C29H25N2O3/c1-3-30-21(15-13-19-9-5-7-11-25(19)30)17-23-27(32)24(29(34)28(23)33)18-22-16-14-20-10-6-8-12-26(20)31(22)4-2/h5-18,21H,3-4H2,1-2H3/q+1. The Kier molecular flexibility index (Phi) is 5.54. The summed E-state index contributed by atoms with van der Waals surface area (Å²) in [6.45, 7) is 5.40. The molecule has 3 aromatic carbocycles. The van der Waals surface area contributed by atoms with Crippen LogP contribution in [0.2, 0.25) is 0 Å². The summed E-state index contributed by atoms with van der Waals surface area (Å²) in [6.07, 6.45) is 7.14. The maximum atomic E-state index is 13.3. The average Bonchev–Trinajstić information content (AvgIpc) is 3.06. The van der Waals surface area contributed by atoms with Crippen molar-refractivity contribution in [2.24, 2.45) is 0 Å². The molecule has 0 spiro atoms. The summed E-state index contributed by atoms with van der Waals surface area (Å²) in [4.78, 5) is 41.1. The van der Waals surface area contributed by atoms with E-state index < -0.39 is 16.3 Å². The molecule has 1 aliphatic rings. The molecule has 5 rings (SSSR count). The summed E-state index contributed by atoms with van der Waals surface area (Å²) in [5.74, 6) is 0. The zero-order valence-electron chi connectivity index (χ0n) is 19.2. The Morgan fingerprint density at radius 3 is 2.38 bits per heavy atom. The monoisotopic (exact) mass is 449 g/mol. The van der Waals surface area contributed by atoms with E-state index in [1.807, 2.05) is 91.2 Å². The Morgan fingerprint density at radius 1 is 0.853 bits per heavy atom. The summed E-state index contributed by atoms with van der Waals surface area (Å²) in [7, 11) is 0. The number of aromatic nitrogens is 1. The summed E-state index contributed by atoms with van der Waals surface area (Å²) in [6, 6.07) is 19.5. The van der Waals surface area contributed by atoms with Crippen LogP contribution in [0.4, 0.5) is 5.69 Å². The van der Waals surface area contributed by atoms with Gasteiger partial charge in [-0.25, -0.2) is 0 Å². The fourth-order valence-corrected chi connectivity index (χ4v) is 4.84. The first-order chi connectivity index (χ1) is 16.5. The van der Waals surface area contributed by atoms with Crippen LogP contribution in [0.5, 0.6) is 0 Å². The van der Waals surface area contributed by atoms with Crippen LogP contribution in [0.1, 0.15) is 25.1 Å². The summed E-state index contributed by atoms with van der Waals surface area (Å²) >= 11 is 0. The molecule has 0 fully saturated rings. The van der Waals surface area contributed by atoms with E-state index in [-0.39, 0.29) is 16.5 Å². The van der Waals surface area contributed by atoms with Crippen LogP contribution in [0.25, 0.3) is 29.1 Å². The molecule has 0 bridgehead atoms. The number of para-hydroxylation sites is 2. The lowest BCUT2D eigenvalue weighted by Crippen LogP contribution is -2.42. The second-order valence-corrected chi connectivity index (χ2v) is 8.38. The minimum atomic E-state index is -0.740. The molecule has 34 heavy (non-hydrogen) atoms. The van der Waals surface area contributed by atoms with Crippen molar-refractivity contribution in [3.05, 3.63) is 119 Å². The molecule has 4 aromatic rings. The third kappa shape index (κ3) is 3.50. The minimum Gasteiger partial charge on any atom is -0.361 e. The Morgan fingerprint density at radius 2 is 1.59 bits per heavy atom. The second-order valence-electron chi connectivity index (χ2n) is 8.38. The molecule has 5 nitrogen and oxygen atoms in total. The van der Waals surface area contributed by atoms with Crippen molar-refractivity contribution in [3.63, 3.8) is 0 Å². The fraction of sp³-hybridized carbons (Fsp3) is 0.172. The van der Waals surface area contributed by atoms with Gasteiger partial charge in [0.1, 0.15) is 6.54 Å². The summed E-state index contributed by atoms with van der Waals surface area (Å²) in [5, 5.41) is 0.945. The molecule has 1 aromatic heterocycles. The maximum Gasteiger partial charge on any atom is 0.237 e. The second kappa shape index (κ2) is 8.67. The van der Waals surface area contributed by atoms with Crippen LogP contribution < -0.4 is 36.2 Å². The van der Waals surface area contributed by atoms with E-state index in [1.165, 1.54) is 0 Å². The largest absolute Gasteiger partial charge is 0.361 e. The molecule has 1 aliphatic heterocycles. The van der Waals surface area contributed by atoms with Crippen LogP contribution >= 0.6 is 0 Å². The Hall–Kier alpha value is -4.12. The number of anilines is 1. The van der Waals surface area contributed by atoms with Crippen LogP contribution in [0.3, 0.4) is 0 Å². The van der Waals surface area contributed by atoms with Crippen molar-refractivity contribution in [2.75, 3.05) is 11.4 Å². The van der Waals surface area contributed by atoms with Gasteiger partial charge in [0.05, 0.1) is 16.5 Å². The Labute approximate surface area is 196 Å². The van der Waals surface area contributed by atoms with Crippen LogP contribution in [-0.4, -0.2) is 12.6 Å². The maximum absolute atomic E-state index is 13.3. The number of fused-ring (bicyclic) bond motifs is 2. The molecule has 5 heteroatoms. The van der Waals surface area contributed by atoms with Crippen molar-refractivity contribution in [2.45, 2.75) is 26.4 Å². The molecule has 0 saturated carbocycles. The van der Waals surface area contributed by atoms with Crippen molar-refractivity contribution in [1.82, 2.24) is 0 Å². The zero-order valence-corrected chi connectivity index (χ0v) is 19.2. The first-order valence-corrected chi connectivity index (χ1v) is 11.6. The van der Waals surface area contributed by atoms with E-state index in [2.05, 4.69) is 4.90 Å². The molecule has 2 heterocycles. The van der Waals surface area contributed by atoms with Gasteiger partial charge in [-0.05, 0) is 43.7 Å². The zero-order chi connectivity index (χ0) is 23.8. The number of pyridine rings is 1. The van der Waals surface area contributed by atoms with E-state index in [1.54, 1.807) is 12.2 Å². The quantitative estimate of drug-likeness (QED) is 0.351. The highest BCUT2D eigenvalue weighted by atomic mass is 16.2. The van der Waals surface area contributed by atoms with Gasteiger partial charge >= 0.3 is 0 Å². The van der Waals surface area contributed by atoms with Crippen molar-refractivity contribution < 1.29 is 4.57 Å². The van der Waals surface area contributed by atoms with Crippen LogP contribution in [0.15, 0.2) is 81.1 Å². The third-order valence-corrected chi connectivity index (χ3v) is 6.52. The number of hydrogen-bond acceptors (Lipinski definition) is 4. The molecule has 0 radical (unpaired) electrons. The first kappa shape index (κ1) is 21.7. The smallest absolute Gasteiger partial charge is 0.237 e. The highest BCUT2D eigenvalue weighted by Crippen LogP contribution is 2.28. The molecule has 1 unspecified atom stereocenters. The highest BCUT2D eigenvalue weighted by Gasteiger charge is 2.21.